The van der Waals surface area contributed by atoms with Gasteiger partial charge in [-0.25, -0.2) is 0 Å². The van der Waals surface area contributed by atoms with Gasteiger partial charge in [0, 0.05) is 0 Å². The Morgan fingerprint density at radius 1 is 1.50 bits per heavy atom. The topological polar surface area (TPSA) is 21.6 Å². The van der Waals surface area contributed by atoms with Crippen LogP contribution in [0.15, 0.2) is 17.8 Å². The Kier molecular flexibility index (Phi) is 4.64. The van der Waals surface area contributed by atoms with E-state index >= 15 is 0 Å². The second-order valence-electron chi connectivity index (χ2n) is 3.97. The lowest BCUT2D eigenvalue weighted by molar-refractivity contribution is 0.0770. The first kappa shape index (κ1) is 11.2. The molecule has 0 aliphatic rings. The third-order valence-corrected chi connectivity index (χ3v) is 1.28. The van der Waals surface area contributed by atoms with E-state index in [0.717, 1.165) is 12.1 Å². The van der Waals surface area contributed by atoms with Crippen LogP contribution in [0, 0.1) is 5.41 Å². The summed E-state index contributed by atoms with van der Waals surface area (Å²) >= 11 is 0. The summed E-state index contributed by atoms with van der Waals surface area (Å²) in [5.74, 6) is 0. The Balaban J connectivity index is 3.80. The van der Waals surface area contributed by atoms with E-state index in [9.17, 15) is 0 Å². The molecule has 12 heavy (non-hydrogen) atoms. The normalized spacial score (nSPS) is 12.8. The monoisotopic (exact) mass is 169 g/mol. The maximum absolute atomic E-state index is 5.16. The van der Waals surface area contributed by atoms with Crippen LogP contribution in [0.5, 0.6) is 0 Å². The van der Waals surface area contributed by atoms with E-state index in [0.29, 0.717) is 6.61 Å². The van der Waals surface area contributed by atoms with E-state index in [1.54, 1.807) is 6.08 Å². The second kappa shape index (κ2) is 4.96. The fourth-order valence-electron chi connectivity index (χ4n) is 0.555. The number of hydrogen-bond acceptors (Lipinski definition) is 2. The molecule has 0 saturated carbocycles. The Labute approximate surface area is 75.3 Å². The Morgan fingerprint density at radius 2 is 2.08 bits per heavy atom. The molecule has 0 aromatic heterocycles. The first-order valence-corrected chi connectivity index (χ1v) is 4.31. The lowest BCUT2D eigenvalue weighted by atomic mass is 9.99. The van der Waals surface area contributed by atoms with Crippen LogP contribution in [0.4, 0.5) is 0 Å². The van der Waals surface area contributed by atoms with Crippen molar-refractivity contribution in [3.05, 3.63) is 12.7 Å². The van der Waals surface area contributed by atoms with Crippen LogP contribution in [0.3, 0.4) is 0 Å². The zero-order chi connectivity index (χ0) is 9.61. The molecule has 0 aliphatic carbocycles. The molecule has 0 radical (unpaired) electrons. The standard InChI is InChI=1S/C10H19NO/c1-6-9(7-2)11-12-8-10(3,4)5/h6H,1,7-8H2,2-5H3/b11-9-. The van der Waals surface area contributed by atoms with Gasteiger partial charge in [-0.15, -0.1) is 0 Å². The van der Waals surface area contributed by atoms with E-state index < -0.39 is 0 Å². The van der Waals surface area contributed by atoms with Crippen molar-refractivity contribution in [1.82, 2.24) is 0 Å². The highest BCUT2D eigenvalue weighted by atomic mass is 16.6. The minimum absolute atomic E-state index is 0.170. The summed E-state index contributed by atoms with van der Waals surface area (Å²) in [6.45, 7) is 12.6. The van der Waals surface area contributed by atoms with Crippen LogP contribution in [0.1, 0.15) is 34.1 Å². The van der Waals surface area contributed by atoms with Crippen molar-refractivity contribution in [2.75, 3.05) is 6.61 Å². The summed E-state index contributed by atoms with van der Waals surface area (Å²) < 4.78 is 0. The first-order valence-electron chi connectivity index (χ1n) is 4.31. The molecule has 0 spiro atoms. The third-order valence-electron chi connectivity index (χ3n) is 1.28. The summed E-state index contributed by atoms with van der Waals surface area (Å²) in [6.07, 6.45) is 2.59. The Hall–Kier alpha value is -0.790. The Bertz CT molecular complexity index is 165. The van der Waals surface area contributed by atoms with E-state index in [1.165, 1.54) is 0 Å². The van der Waals surface area contributed by atoms with Crippen molar-refractivity contribution in [1.29, 1.82) is 0 Å². The van der Waals surface area contributed by atoms with Gasteiger partial charge in [-0.2, -0.15) is 0 Å². The zero-order valence-corrected chi connectivity index (χ0v) is 8.55. The van der Waals surface area contributed by atoms with E-state index in [2.05, 4.69) is 32.5 Å². The minimum Gasteiger partial charge on any atom is -0.395 e. The highest BCUT2D eigenvalue weighted by Gasteiger charge is 2.10. The van der Waals surface area contributed by atoms with Crippen LogP contribution in [-0.2, 0) is 4.84 Å². The largest absolute Gasteiger partial charge is 0.395 e. The molecule has 0 bridgehead atoms. The van der Waals surface area contributed by atoms with Crippen molar-refractivity contribution < 1.29 is 4.84 Å². The molecule has 0 heterocycles. The van der Waals surface area contributed by atoms with Gasteiger partial charge in [-0.3, -0.25) is 0 Å². The van der Waals surface area contributed by atoms with Gasteiger partial charge in [0.1, 0.15) is 6.61 Å². The average molecular weight is 169 g/mol. The minimum atomic E-state index is 0.170. The van der Waals surface area contributed by atoms with Crippen LogP contribution < -0.4 is 0 Å². The van der Waals surface area contributed by atoms with Crippen LogP contribution in [0.25, 0.3) is 0 Å². The predicted octanol–water partition coefficient (Wildman–Crippen LogP) is 3.00. The summed E-state index contributed by atoms with van der Waals surface area (Å²) in [4.78, 5) is 5.16. The van der Waals surface area contributed by atoms with Gasteiger partial charge in [0.25, 0.3) is 0 Å². The summed E-state index contributed by atoms with van der Waals surface area (Å²) in [7, 11) is 0. The molecule has 70 valence electrons. The third kappa shape index (κ3) is 5.96. The highest BCUT2D eigenvalue weighted by molar-refractivity contribution is 5.93. The van der Waals surface area contributed by atoms with Gasteiger partial charge in [-0.05, 0) is 17.9 Å². The molecule has 0 aliphatic heterocycles. The smallest absolute Gasteiger partial charge is 0.122 e. The summed E-state index contributed by atoms with van der Waals surface area (Å²) in [5.41, 5.74) is 1.07. The van der Waals surface area contributed by atoms with Crippen LogP contribution >= 0.6 is 0 Å². The van der Waals surface area contributed by atoms with Gasteiger partial charge in [0.2, 0.25) is 0 Å². The summed E-state index contributed by atoms with van der Waals surface area (Å²) in [6, 6.07) is 0. The molecular weight excluding hydrogens is 150 g/mol. The lowest BCUT2D eigenvalue weighted by Crippen LogP contribution is -2.13. The van der Waals surface area contributed by atoms with Crippen molar-refractivity contribution in [3.63, 3.8) is 0 Å². The van der Waals surface area contributed by atoms with Crippen LogP contribution in [0.2, 0.25) is 0 Å². The first-order chi connectivity index (χ1) is 5.49. The molecule has 2 heteroatoms. The Morgan fingerprint density at radius 3 is 2.42 bits per heavy atom. The van der Waals surface area contributed by atoms with Crippen LogP contribution in [-0.4, -0.2) is 12.3 Å². The maximum Gasteiger partial charge on any atom is 0.122 e. The molecule has 0 fully saturated rings. The number of rotatable bonds is 4. The molecule has 0 rings (SSSR count). The molecular formula is C10H19NO. The zero-order valence-electron chi connectivity index (χ0n) is 8.55. The molecule has 0 aromatic carbocycles. The van der Waals surface area contributed by atoms with Gasteiger partial charge in [0.05, 0.1) is 5.71 Å². The molecule has 0 unspecified atom stereocenters. The van der Waals surface area contributed by atoms with E-state index in [4.69, 9.17) is 4.84 Å². The maximum atomic E-state index is 5.16. The quantitative estimate of drug-likeness (QED) is 0.468. The van der Waals surface area contributed by atoms with Gasteiger partial charge >= 0.3 is 0 Å². The van der Waals surface area contributed by atoms with Gasteiger partial charge in [-0.1, -0.05) is 39.4 Å². The predicted molar refractivity (Wildman–Crippen MR) is 53.3 cm³/mol. The fourth-order valence-corrected chi connectivity index (χ4v) is 0.555. The molecule has 0 amide bonds. The second-order valence-corrected chi connectivity index (χ2v) is 3.97. The molecule has 2 nitrogen and oxygen atoms in total. The fraction of sp³-hybridized carbons (Fsp3) is 0.700. The van der Waals surface area contributed by atoms with Crippen molar-refractivity contribution in [2.24, 2.45) is 10.6 Å². The molecule has 0 saturated heterocycles. The van der Waals surface area contributed by atoms with Gasteiger partial charge < -0.3 is 4.84 Å². The number of oxime groups is 1. The highest BCUT2D eigenvalue weighted by Crippen LogP contribution is 2.12. The number of hydrogen-bond donors (Lipinski definition) is 0. The SMILES string of the molecule is C=C/C(CC)=N/OCC(C)(C)C. The lowest BCUT2D eigenvalue weighted by Gasteiger charge is -2.15. The van der Waals surface area contributed by atoms with Gasteiger partial charge in [0.15, 0.2) is 0 Å². The molecule has 0 N–H and O–H groups in total. The van der Waals surface area contributed by atoms with E-state index in [1.807, 2.05) is 6.92 Å². The van der Waals surface area contributed by atoms with Crippen molar-refractivity contribution >= 4 is 5.71 Å². The number of nitrogens with zero attached hydrogens (tertiary/aromatic N) is 1. The van der Waals surface area contributed by atoms with E-state index in [-0.39, 0.29) is 5.41 Å². The number of allylic oxidation sites excluding steroid dienone is 1. The van der Waals surface area contributed by atoms with Crippen molar-refractivity contribution in [2.45, 2.75) is 34.1 Å². The molecule has 0 aromatic rings. The van der Waals surface area contributed by atoms with Crippen molar-refractivity contribution in [3.8, 4) is 0 Å². The molecule has 0 atom stereocenters. The average Bonchev–Trinajstić information content (AvgIpc) is 1.96. The summed E-state index contributed by atoms with van der Waals surface area (Å²) in [5, 5.41) is 3.94.